The van der Waals surface area contributed by atoms with Crippen LogP contribution in [-0.4, -0.2) is 29.6 Å². The number of hydrogen-bond donors (Lipinski definition) is 1. The van der Waals surface area contributed by atoms with E-state index < -0.39 is 0 Å². The SMILES string of the molecule is CN(C(=O)CCCO)C1CCc2ccccc21. The normalized spacial score (nSPS) is 17.9. The number of aliphatic hydroxyl groups excluding tert-OH is 1. The molecule has 2 rings (SSSR count). The zero-order chi connectivity index (χ0) is 12.3. The van der Waals surface area contributed by atoms with E-state index in [0.717, 1.165) is 12.8 Å². The maximum atomic E-state index is 11.9. The van der Waals surface area contributed by atoms with Gasteiger partial charge in [0, 0.05) is 20.1 Å². The zero-order valence-corrected chi connectivity index (χ0v) is 10.2. The third kappa shape index (κ3) is 2.50. The molecule has 1 unspecified atom stereocenters. The number of hydrogen-bond acceptors (Lipinski definition) is 2. The van der Waals surface area contributed by atoms with Gasteiger partial charge in [-0.05, 0) is 30.4 Å². The second kappa shape index (κ2) is 5.32. The molecule has 3 nitrogen and oxygen atoms in total. The van der Waals surface area contributed by atoms with Crippen molar-refractivity contribution in [1.82, 2.24) is 4.90 Å². The minimum Gasteiger partial charge on any atom is -0.396 e. The van der Waals surface area contributed by atoms with Crippen molar-refractivity contribution in [2.75, 3.05) is 13.7 Å². The minimum absolute atomic E-state index is 0.0842. The maximum Gasteiger partial charge on any atom is 0.222 e. The van der Waals surface area contributed by atoms with Gasteiger partial charge in [0.15, 0.2) is 0 Å². The van der Waals surface area contributed by atoms with Crippen molar-refractivity contribution in [3.05, 3.63) is 35.4 Å². The highest BCUT2D eigenvalue weighted by molar-refractivity contribution is 5.76. The number of aryl methyl sites for hydroxylation is 1. The Morgan fingerprint density at radius 1 is 1.47 bits per heavy atom. The molecular formula is C14H19NO2. The van der Waals surface area contributed by atoms with Crippen molar-refractivity contribution in [2.24, 2.45) is 0 Å². The first-order valence-corrected chi connectivity index (χ1v) is 6.18. The summed E-state index contributed by atoms with van der Waals surface area (Å²) in [6.45, 7) is 0.0842. The molecular weight excluding hydrogens is 214 g/mol. The van der Waals surface area contributed by atoms with Gasteiger partial charge in [0.05, 0.1) is 6.04 Å². The zero-order valence-electron chi connectivity index (χ0n) is 10.2. The summed E-state index contributed by atoms with van der Waals surface area (Å²) in [5.74, 6) is 0.126. The fraction of sp³-hybridized carbons (Fsp3) is 0.500. The molecule has 1 aliphatic rings. The molecule has 0 spiro atoms. The van der Waals surface area contributed by atoms with E-state index in [-0.39, 0.29) is 18.6 Å². The average Bonchev–Trinajstić information content (AvgIpc) is 2.78. The number of rotatable bonds is 4. The van der Waals surface area contributed by atoms with Crippen LogP contribution >= 0.6 is 0 Å². The van der Waals surface area contributed by atoms with Crippen molar-refractivity contribution in [3.8, 4) is 0 Å². The van der Waals surface area contributed by atoms with Gasteiger partial charge >= 0.3 is 0 Å². The third-order valence-corrected chi connectivity index (χ3v) is 3.51. The smallest absolute Gasteiger partial charge is 0.222 e. The number of carbonyl (C=O) groups is 1. The van der Waals surface area contributed by atoms with Crippen LogP contribution in [0.3, 0.4) is 0 Å². The van der Waals surface area contributed by atoms with Gasteiger partial charge in [-0.15, -0.1) is 0 Å². The van der Waals surface area contributed by atoms with Crippen LogP contribution in [0, 0.1) is 0 Å². The largest absolute Gasteiger partial charge is 0.396 e. The van der Waals surface area contributed by atoms with Crippen LogP contribution < -0.4 is 0 Å². The molecule has 0 saturated carbocycles. The van der Waals surface area contributed by atoms with Crippen molar-refractivity contribution in [3.63, 3.8) is 0 Å². The Hall–Kier alpha value is -1.35. The van der Waals surface area contributed by atoms with Gasteiger partial charge in [0.25, 0.3) is 0 Å². The Kier molecular flexibility index (Phi) is 3.79. The molecule has 1 aliphatic carbocycles. The summed E-state index contributed by atoms with van der Waals surface area (Å²) in [5.41, 5.74) is 2.65. The topological polar surface area (TPSA) is 40.5 Å². The van der Waals surface area contributed by atoms with Crippen molar-refractivity contribution in [2.45, 2.75) is 31.7 Å². The predicted molar refractivity (Wildman–Crippen MR) is 66.6 cm³/mol. The van der Waals surface area contributed by atoms with E-state index in [4.69, 9.17) is 5.11 Å². The predicted octanol–water partition coefficient (Wildman–Crippen LogP) is 1.90. The number of nitrogens with zero attached hydrogens (tertiary/aromatic N) is 1. The van der Waals surface area contributed by atoms with E-state index in [2.05, 4.69) is 18.2 Å². The monoisotopic (exact) mass is 233 g/mol. The molecule has 92 valence electrons. The third-order valence-electron chi connectivity index (χ3n) is 3.51. The fourth-order valence-corrected chi connectivity index (χ4v) is 2.52. The molecule has 0 radical (unpaired) electrons. The van der Waals surface area contributed by atoms with Gasteiger partial charge in [-0.2, -0.15) is 0 Å². The average molecular weight is 233 g/mol. The number of fused-ring (bicyclic) bond motifs is 1. The first-order valence-electron chi connectivity index (χ1n) is 6.18. The molecule has 0 aliphatic heterocycles. The Labute approximate surface area is 102 Å². The summed E-state index contributed by atoms with van der Waals surface area (Å²) in [4.78, 5) is 13.7. The highest BCUT2D eigenvalue weighted by Gasteiger charge is 2.27. The molecule has 1 atom stereocenters. The van der Waals surface area contributed by atoms with E-state index in [1.807, 2.05) is 18.0 Å². The van der Waals surface area contributed by atoms with Crippen LogP contribution in [0.1, 0.15) is 36.4 Å². The molecule has 1 aromatic carbocycles. The number of carbonyl (C=O) groups excluding carboxylic acids is 1. The quantitative estimate of drug-likeness (QED) is 0.863. The van der Waals surface area contributed by atoms with Crippen LogP contribution in [0.15, 0.2) is 24.3 Å². The summed E-state index contributed by atoms with van der Waals surface area (Å²) in [6.07, 6.45) is 3.06. The molecule has 0 heterocycles. The van der Waals surface area contributed by atoms with Crippen LogP contribution in [0.4, 0.5) is 0 Å². The van der Waals surface area contributed by atoms with Gasteiger partial charge < -0.3 is 10.0 Å². The lowest BCUT2D eigenvalue weighted by molar-refractivity contribution is -0.132. The van der Waals surface area contributed by atoms with Crippen LogP contribution in [0.25, 0.3) is 0 Å². The second-order valence-corrected chi connectivity index (χ2v) is 4.59. The first kappa shape index (κ1) is 12.1. The highest BCUT2D eigenvalue weighted by atomic mass is 16.3. The number of amides is 1. The van der Waals surface area contributed by atoms with E-state index in [1.165, 1.54) is 11.1 Å². The van der Waals surface area contributed by atoms with Crippen LogP contribution in [-0.2, 0) is 11.2 Å². The lowest BCUT2D eigenvalue weighted by Gasteiger charge is -2.25. The van der Waals surface area contributed by atoms with Crippen molar-refractivity contribution in [1.29, 1.82) is 0 Å². The molecule has 0 saturated heterocycles. The van der Waals surface area contributed by atoms with Gasteiger partial charge in [-0.25, -0.2) is 0 Å². The summed E-state index contributed by atoms with van der Waals surface area (Å²) in [5, 5.41) is 8.75. The Morgan fingerprint density at radius 2 is 2.24 bits per heavy atom. The molecule has 1 aromatic rings. The highest BCUT2D eigenvalue weighted by Crippen LogP contribution is 2.34. The molecule has 0 aromatic heterocycles. The number of aliphatic hydroxyl groups is 1. The van der Waals surface area contributed by atoms with E-state index >= 15 is 0 Å². The van der Waals surface area contributed by atoms with E-state index in [9.17, 15) is 4.79 Å². The maximum absolute atomic E-state index is 11.9. The Morgan fingerprint density at radius 3 is 3.00 bits per heavy atom. The molecule has 0 fully saturated rings. The van der Waals surface area contributed by atoms with Crippen LogP contribution in [0.5, 0.6) is 0 Å². The van der Waals surface area contributed by atoms with Gasteiger partial charge in [0.2, 0.25) is 5.91 Å². The standard InChI is InChI=1S/C14H19NO2/c1-15(14(17)7-4-10-16)13-9-8-11-5-2-3-6-12(11)13/h2-3,5-6,13,16H,4,7-10H2,1H3. The van der Waals surface area contributed by atoms with Crippen molar-refractivity contribution >= 4 is 5.91 Å². The summed E-state index contributed by atoms with van der Waals surface area (Å²) >= 11 is 0. The summed E-state index contributed by atoms with van der Waals surface area (Å²) in [7, 11) is 1.87. The van der Waals surface area contributed by atoms with Gasteiger partial charge in [-0.3, -0.25) is 4.79 Å². The van der Waals surface area contributed by atoms with Crippen molar-refractivity contribution < 1.29 is 9.90 Å². The Balaban J connectivity index is 2.07. The first-order chi connectivity index (χ1) is 8.24. The van der Waals surface area contributed by atoms with Gasteiger partial charge in [0.1, 0.15) is 0 Å². The number of benzene rings is 1. The Bertz CT molecular complexity index is 403. The molecule has 3 heteroatoms. The summed E-state index contributed by atoms with van der Waals surface area (Å²) in [6, 6.07) is 8.56. The molecule has 0 bridgehead atoms. The van der Waals surface area contributed by atoms with E-state index in [0.29, 0.717) is 12.8 Å². The lowest BCUT2D eigenvalue weighted by atomic mass is 10.1. The van der Waals surface area contributed by atoms with Crippen LogP contribution in [0.2, 0.25) is 0 Å². The minimum atomic E-state index is 0.0842. The van der Waals surface area contributed by atoms with Gasteiger partial charge in [-0.1, -0.05) is 24.3 Å². The van der Waals surface area contributed by atoms with E-state index in [1.54, 1.807) is 0 Å². The fourth-order valence-electron chi connectivity index (χ4n) is 2.52. The molecule has 17 heavy (non-hydrogen) atoms. The summed E-state index contributed by atoms with van der Waals surface area (Å²) < 4.78 is 0. The lowest BCUT2D eigenvalue weighted by Crippen LogP contribution is -2.30. The molecule has 1 amide bonds. The molecule has 1 N–H and O–H groups in total. The second-order valence-electron chi connectivity index (χ2n) is 4.59.